The van der Waals surface area contributed by atoms with E-state index in [9.17, 15) is 23.1 Å². The van der Waals surface area contributed by atoms with Crippen molar-refractivity contribution in [3.63, 3.8) is 0 Å². The van der Waals surface area contributed by atoms with Crippen molar-refractivity contribution in [3.8, 4) is 11.5 Å². The summed E-state index contributed by atoms with van der Waals surface area (Å²) in [5.74, 6) is 0.0490. The van der Waals surface area contributed by atoms with Crippen LogP contribution in [0.15, 0.2) is 53.4 Å². The quantitative estimate of drug-likeness (QED) is 0.227. The van der Waals surface area contributed by atoms with Crippen LogP contribution in [0.5, 0.6) is 11.5 Å². The summed E-state index contributed by atoms with van der Waals surface area (Å²) in [5.41, 5.74) is -2.63. The highest BCUT2D eigenvalue weighted by molar-refractivity contribution is 7.98. The van der Waals surface area contributed by atoms with Crippen LogP contribution in [-0.2, 0) is 25.8 Å². The monoisotopic (exact) mass is 637 g/mol. The SMILES string of the molecule is CCC(Cc1ccccc1)(NC[C@@](C)(O)CS(=O)(=O)c1ccc2c(c1)OCO2)NC(=O)[C@@H](CSC)NC(=O)OC(C)(C)C. The Bertz CT molecular complexity index is 1360. The average molecular weight is 638 g/mol. The molecule has 43 heavy (non-hydrogen) atoms. The van der Waals surface area contributed by atoms with E-state index in [4.69, 9.17) is 14.2 Å². The van der Waals surface area contributed by atoms with Crippen molar-refractivity contribution in [2.24, 2.45) is 0 Å². The van der Waals surface area contributed by atoms with Gasteiger partial charge in [-0.25, -0.2) is 13.2 Å². The third-order valence-electron chi connectivity index (χ3n) is 6.67. The third-order valence-corrected chi connectivity index (χ3v) is 9.31. The maximum Gasteiger partial charge on any atom is 0.408 e. The highest BCUT2D eigenvalue weighted by Gasteiger charge is 2.37. The number of amides is 2. The largest absolute Gasteiger partial charge is 0.454 e. The summed E-state index contributed by atoms with van der Waals surface area (Å²) < 4.78 is 42.5. The van der Waals surface area contributed by atoms with Crippen LogP contribution in [0.25, 0.3) is 0 Å². The van der Waals surface area contributed by atoms with Gasteiger partial charge in [0.05, 0.1) is 21.9 Å². The molecule has 1 heterocycles. The number of hydrogen-bond donors (Lipinski definition) is 4. The highest BCUT2D eigenvalue weighted by atomic mass is 32.2. The number of thioether (sulfide) groups is 1. The van der Waals surface area contributed by atoms with Crippen LogP contribution >= 0.6 is 11.8 Å². The number of aliphatic hydroxyl groups is 1. The van der Waals surface area contributed by atoms with E-state index in [0.717, 1.165) is 5.56 Å². The van der Waals surface area contributed by atoms with Crippen LogP contribution < -0.4 is 25.4 Å². The van der Waals surface area contributed by atoms with Gasteiger partial charge < -0.3 is 30.0 Å². The van der Waals surface area contributed by atoms with E-state index in [1.165, 1.54) is 36.9 Å². The summed E-state index contributed by atoms with van der Waals surface area (Å²) in [7, 11) is -3.92. The molecule has 0 saturated carbocycles. The van der Waals surface area contributed by atoms with Gasteiger partial charge >= 0.3 is 6.09 Å². The maximum absolute atomic E-state index is 13.6. The van der Waals surface area contributed by atoms with E-state index in [2.05, 4.69) is 16.0 Å². The number of carbonyl (C=O) groups excluding carboxylic acids is 2. The number of benzene rings is 2. The first-order valence-electron chi connectivity index (χ1n) is 14.0. The van der Waals surface area contributed by atoms with Gasteiger partial charge in [-0.15, -0.1) is 0 Å². The molecule has 0 aromatic heterocycles. The van der Waals surface area contributed by atoms with E-state index in [1.807, 2.05) is 43.5 Å². The standard InChI is InChI=1S/C30H43N3O8S2/c1-7-30(16-21-11-9-8-10-12-21,33-26(34)23(17-42-6)32-27(35)41-28(2,3)4)31-18-29(5,36)19-43(37,38)22-13-14-24-25(15-22)40-20-39-24/h8-15,23,31,36H,7,16-20H2,1-6H3,(H,32,35)(H,33,34)/t23-,29-,30?/m1/s1. The summed E-state index contributed by atoms with van der Waals surface area (Å²) in [5, 5.41) is 20.3. The minimum absolute atomic E-state index is 0.00416. The molecule has 0 spiro atoms. The van der Waals surface area contributed by atoms with Crippen molar-refractivity contribution in [2.75, 3.05) is 31.1 Å². The molecule has 0 saturated heterocycles. The zero-order valence-electron chi connectivity index (χ0n) is 25.6. The van der Waals surface area contributed by atoms with Crippen molar-refractivity contribution in [1.29, 1.82) is 0 Å². The number of carbonyl (C=O) groups is 2. The van der Waals surface area contributed by atoms with E-state index in [0.29, 0.717) is 30.1 Å². The number of ether oxygens (including phenoxy) is 3. The minimum Gasteiger partial charge on any atom is -0.454 e. The number of alkyl carbamates (subject to hydrolysis) is 1. The van der Waals surface area contributed by atoms with E-state index in [1.54, 1.807) is 20.8 Å². The molecule has 2 amide bonds. The van der Waals surface area contributed by atoms with Gasteiger partial charge in [0.2, 0.25) is 12.7 Å². The fraction of sp³-hybridized carbons (Fsp3) is 0.533. The molecule has 13 heteroatoms. The highest BCUT2D eigenvalue weighted by Crippen LogP contribution is 2.34. The van der Waals surface area contributed by atoms with Crippen LogP contribution in [0.2, 0.25) is 0 Å². The lowest BCUT2D eigenvalue weighted by molar-refractivity contribution is -0.125. The molecule has 0 aliphatic carbocycles. The van der Waals surface area contributed by atoms with E-state index >= 15 is 0 Å². The Labute approximate surface area is 258 Å². The summed E-state index contributed by atoms with van der Waals surface area (Å²) in [6.07, 6.45) is 1.83. The molecule has 2 aromatic rings. The second kappa shape index (κ2) is 14.2. The number of rotatable bonds is 14. The van der Waals surface area contributed by atoms with Crippen LogP contribution in [0, 0.1) is 0 Å². The van der Waals surface area contributed by atoms with Gasteiger partial charge in [-0.05, 0) is 58.1 Å². The molecule has 1 aliphatic rings. The second-order valence-electron chi connectivity index (χ2n) is 11.9. The van der Waals surface area contributed by atoms with Crippen molar-refractivity contribution in [3.05, 3.63) is 54.1 Å². The topological polar surface area (TPSA) is 152 Å². The molecule has 1 unspecified atom stereocenters. The van der Waals surface area contributed by atoms with Crippen molar-refractivity contribution in [1.82, 2.24) is 16.0 Å². The fourth-order valence-corrected chi connectivity index (χ4v) is 6.75. The van der Waals surface area contributed by atoms with Gasteiger partial charge in [0.25, 0.3) is 0 Å². The van der Waals surface area contributed by atoms with Gasteiger partial charge in [0.1, 0.15) is 11.6 Å². The number of hydrogen-bond acceptors (Lipinski definition) is 10. The normalized spacial score (nSPS) is 16.4. The fourth-order valence-electron chi connectivity index (χ4n) is 4.53. The Morgan fingerprint density at radius 1 is 1.07 bits per heavy atom. The molecule has 11 nitrogen and oxygen atoms in total. The molecule has 4 N–H and O–H groups in total. The number of nitrogens with one attached hydrogen (secondary N) is 3. The van der Waals surface area contributed by atoms with Gasteiger partial charge in [-0.2, -0.15) is 11.8 Å². The first kappa shape index (κ1) is 34.5. The van der Waals surface area contributed by atoms with Gasteiger partial charge in [-0.3, -0.25) is 10.1 Å². The lowest BCUT2D eigenvalue weighted by atomic mass is 9.95. The van der Waals surface area contributed by atoms with Gasteiger partial charge in [0, 0.05) is 24.8 Å². The Balaban J connectivity index is 1.81. The summed E-state index contributed by atoms with van der Waals surface area (Å²) >= 11 is 1.39. The Morgan fingerprint density at radius 2 is 1.74 bits per heavy atom. The first-order chi connectivity index (χ1) is 20.1. The molecule has 0 bridgehead atoms. The van der Waals surface area contributed by atoms with Gasteiger partial charge in [-0.1, -0.05) is 37.3 Å². The molecule has 0 radical (unpaired) electrons. The second-order valence-corrected chi connectivity index (χ2v) is 14.8. The predicted molar refractivity (Wildman–Crippen MR) is 166 cm³/mol. The van der Waals surface area contributed by atoms with Crippen molar-refractivity contribution >= 4 is 33.6 Å². The van der Waals surface area contributed by atoms with Crippen LogP contribution in [0.1, 0.15) is 46.6 Å². The molecule has 1 aliphatic heterocycles. The van der Waals surface area contributed by atoms with Crippen molar-refractivity contribution in [2.45, 2.75) is 75.3 Å². The molecule has 2 aromatic carbocycles. The van der Waals surface area contributed by atoms with E-state index < -0.39 is 50.5 Å². The molecule has 3 rings (SSSR count). The lowest BCUT2D eigenvalue weighted by Crippen LogP contribution is -2.66. The molecule has 238 valence electrons. The van der Waals surface area contributed by atoms with Crippen LogP contribution in [0.3, 0.4) is 0 Å². The number of sulfone groups is 1. The molecule has 3 atom stereocenters. The zero-order chi connectivity index (χ0) is 31.9. The summed E-state index contributed by atoms with van der Waals surface area (Å²) in [6, 6.07) is 12.9. The van der Waals surface area contributed by atoms with Gasteiger partial charge in [0.15, 0.2) is 21.3 Å². The zero-order valence-corrected chi connectivity index (χ0v) is 27.2. The smallest absolute Gasteiger partial charge is 0.408 e. The first-order valence-corrected chi connectivity index (χ1v) is 17.1. The molecular weight excluding hydrogens is 594 g/mol. The van der Waals surface area contributed by atoms with Crippen molar-refractivity contribution < 1.29 is 37.3 Å². The van der Waals surface area contributed by atoms with Crippen LogP contribution in [0.4, 0.5) is 4.79 Å². The Kier molecular flexibility index (Phi) is 11.4. The molecular formula is C30H43N3O8S2. The molecule has 0 fully saturated rings. The Morgan fingerprint density at radius 3 is 2.37 bits per heavy atom. The minimum atomic E-state index is -3.92. The average Bonchev–Trinajstić information content (AvgIpc) is 3.39. The van der Waals surface area contributed by atoms with Crippen LogP contribution in [-0.4, -0.2) is 79.5 Å². The maximum atomic E-state index is 13.6. The Hall–Kier alpha value is -3.00. The third kappa shape index (κ3) is 10.3. The summed E-state index contributed by atoms with van der Waals surface area (Å²) in [6.45, 7) is 8.36. The lowest BCUT2D eigenvalue weighted by Gasteiger charge is -2.39. The van der Waals surface area contributed by atoms with E-state index in [-0.39, 0.29) is 18.2 Å². The number of fused-ring (bicyclic) bond motifs is 1. The predicted octanol–water partition coefficient (Wildman–Crippen LogP) is 3.25. The summed E-state index contributed by atoms with van der Waals surface area (Å²) in [4.78, 5) is 26.1.